The quantitative estimate of drug-likeness (QED) is 0.397. The fraction of sp³-hybridized carbons (Fsp3) is 0.444. The van der Waals surface area contributed by atoms with Crippen molar-refractivity contribution in [2.75, 3.05) is 0 Å². The van der Waals surface area contributed by atoms with Gasteiger partial charge in [0, 0.05) is 24.7 Å². The number of aromatic carboxylic acids is 1. The van der Waals surface area contributed by atoms with Crippen molar-refractivity contribution in [3.05, 3.63) is 76.9 Å². The Balaban J connectivity index is 0.00000193. The molecule has 2 aliphatic rings. The van der Waals surface area contributed by atoms with Crippen molar-refractivity contribution in [3.8, 4) is 0 Å². The summed E-state index contributed by atoms with van der Waals surface area (Å²) in [6.07, 6.45) is 9.41. The summed E-state index contributed by atoms with van der Waals surface area (Å²) in [5, 5.41) is 16.8. The minimum absolute atomic E-state index is 0. The zero-order chi connectivity index (χ0) is 21.6. The second-order valence-corrected chi connectivity index (χ2v) is 8.99. The normalized spacial score (nSPS) is 24.3. The maximum Gasteiger partial charge on any atom is 0.336 e. The lowest BCUT2D eigenvalue weighted by atomic mass is 9.90. The lowest BCUT2D eigenvalue weighted by Gasteiger charge is -2.30. The van der Waals surface area contributed by atoms with E-state index in [0.717, 1.165) is 24.8 Å². The fourth-order valence-corrected chi connectivity index (χ4v) is 4.93. The van der Waals surface area contributed by atoms with Gasteiger partial charge in [0.15, 0.2) is 0 Å². The number of carboxylic acid groups (broad SMARTS) is 1. The number of carbonyl (C=O) groups is 1. The van der Waals surface area contributed by atoms with E-state index in [1.807, 2.05) is 12.1 Å². The number of hydrogen-bond acceptors (Lipinski definition) is 3. The van der Waals surface area contributed by atoms with E-state index < -0.39 is 5.97 Å². The monoisotopic (exact) mass is 490 g/mol. The van der Waals surface area contributed by atoms with Gasteiger partial charge in [-0.15, -0.1) is 24.8 Å². The number of benzene rings is 2. The minimum Gasteiger partial charge on any atom is -0.478 e. The van der Waals surface area contributed by atoms with Gasteiger partial charge in [0.25, 0.3) is 0 Å². The van der Waals surface area contributed by atoms with E-state index in [9.17, 15) is 9.90 Å². The summed E-state index contributed by atoms with van der Waals surface area (Å²) in [6, 6.07) is 19.6. The highest BCUT2D eigenvalue weighted by atomic mass is 35.5. The molecule has 2 aliphatic carbocycles. The van der Waals surface area contributed by atoms with Gasteiger partial charge in [-0.2, -0.15) is 0 Å². The predicted molar refractivity (Wildman–Crippen MR) is 141 cm³/mol. The Kier molecular flexibility index (Phi) is 10.9. The second kappa shape index (κ2) is 13.1. The number of nitrogens with one attached hydrogen (secondary N) is 2. The van der Waals surface area contributed by atoms with E-state index in [4.69, 9.17) is 0 Å². The average Bonchev–Trinajstić information content (AvgIpc) is 3.56. The molecule has 6 heteroatoms. The summed E-state index contributed by atoms with van der Waals surface area (Å²) in [5.74, 6) is -0.161. The molecule has 2 saturated carbocycles. The van der Waals surface area contributed by atoms with Crippen LogP contribution in [-0.4, -0.2) is 29.2 Å². The first-order valence-electron chi connectivity index (χ1n) is 11.7. The van der Waals surface area contributed by atoms with Gasteiger partial charge in [-0.25, -0.2) is 4.79 Å². The molecule has 0 aliphatic heterocycles. The van der Waals surface area contributed by atoms with E-state index in [1.54, 1.807) is 17.7 Å². The molecule has 4 nitrogen and oxygen atoms in total. The Labute approximate surface area is 210 Å². The molecule has 2 fully saturated rings. The first-order valence-corrected chi connectivity index (χ1v) is 11.7. The van der Waals surface area contributed by atoms with Crippen molar-refractivity contribution in [1.82, 2.24) is 10.6 Å². The van der Waals surface area contributed by atoms with E-state index >= 15 is 0 Å². The van der Waals surface area contributed by atoms with Crippen molar-refractivity contribution in [3.63, 3.8) is 0 Å². The first kappa shape index (κ1) is 27.4. The van der Waals surface area contributed by atoms with Crippen molar-refractivity contribution >= 4 is 36.9 Å². The van der Waals surface area contributed by atoms with Gasteiger partial charge in [-0.05, 0) is 61.6 Å². The van der Waals surface area contributed by atoms with Gasteiger partial charge < -0.3 is 15.7 Å². The van der Waals surface area contributed by atoms with Gasteiger partial charge in [-0.3, -0.25) is 0 Å². The Hall–Kier alpha value is -1.85. The van der Waals surface area contributed by atoms with Gasteiger partial charge in [0.2, 0.25) is 0 Å². The van der Waals surface area contributed by atoms with Crippen molar-refractivity contribution in [1.29, 1.82) is 0 Å². The molecule has 2 aromatic carbocycles. The van der Waals surface area contributed by atoms with Crippen LogP contribution in [0.4, 0.5) is 0 Å². The van der Waals surface area contributed by atoms with Crippen LogP contribution in [0, 0.1) is 5.92 Å². The number of halogens is 2. The van der Waals surface area contributed by atoms with Gasteiger partial charge in [-0.1, -0.05) is 67.1 Å². The maximum atomic E-state index is 11.4. The van der Waals surface area contributed by atoms with Crippen molar-refractivity contribution in [2.24, 2.45) is 5.92 Å². The molecular formula is C27H36Cl2N2O2. The molecule has 0 amide bonds. The van der Waals surface area contributed by atoms with Crippen LogP contribution in [0.2, 0.25) is 0 Å². The van der Waals surface area contributed by atoms with Crippen LogP contribution in [0.3, 0.4) is 0 Å². The van der Waals surface area contributed by atoms with Crippen LogP contribution in [0.1, 0.15) is 66.9 Å². The predicted octanol–water partition coefficient (Wildman–Crippen LogP) is 6.10. The molecule has 33 heavy (non-hydrogen) atoms. The first-order chi connectivity index (χ1) is 15.1. The topological polar surface area (TPSA) is 61.4 Å². The second-order valence-electron chi connectivity index (χ2n) is 8.99. The molecule has 180 valence electrons. The SMILES string of the molecule is CCC(=Cc1ccccc1)C1CC1NC1CCC(NCc2ccccc2C(=O)O)CC1.Cl.Cl. The summed E-state index contributed by atoms with van der Waals surface area (Å²) in [6.45, 7) is 2.89. The molecule has 0 radical (unpaired) electrons. The van der Waals surface area contributed by atoms with Crippen LogP contribution in [0.15, 0.2) is 60.2 Å². The summed E-state index contributed by atoms with van der Waals surface area (Å²) >= 11 is 0. The molecule has 0 aromatic heterocycles. The Morgan fingerprint density at radius 2 is 1.61 bits per heavy atom. The molecular weight excluding hydrogens is 455 g/mol. The van der Waals surface area contributed by atoms with Crippen LogP contribution < -0.4 is 10.6 Å². The molecule has 0 spiro atoms. The highest BCUT2D eigenvalue weighted by Crippen LogP contribution is 2.40. The lowest BCUT2D eigenvalue weighted by Crippen LogP contribution is -2.41. The molecule has 3 N–H and O–H groups in total. The maximum absolute atomic E-state index is 11.4. The summed E-state index contributed by atoms with van der Waals surface area (Å²) < 4.78 is 0. The molecule has 0 heterocycles. The average molecular weight is 492 g/mol. The third-order valence-corrected chi connectivity index (χ3v) is 6.83. The van der Waals surface area contributed by atoms with Crippen LogP contribution in [0.5, 0.6) is 0 Å². The third kappa shape index (κ3) is 7.58. The summed E-state index contributed by atoms with van der Waals surface area (Å²) in [5.41, 5.74) is 4.14. The van der Waals surface area contributed by atoms with E-state index in [-0.39, 0.29) is 24.8 Å². The standard InChI is InChI=1S/C27H34N2O2.2ClH/c1-2-20(16-19-8-4-3-5-9-19)25-17-26(25)29-23-14-12-22(13-15-23)28-18-21-10-6-7-11-24(21)27(30)31;;/h3-11,16,22-23,25-26,28-29H,2,12-15,17-18H2,1H3,(H,30,31);2*1H. The Morgan fingerprint density at radius 1 is 0.970 bits per heavy atom. The van der Waals surface area contributed by atoms with Gasteiger partial charge >= 0.3 is 5.97 Å². The van der Waals surface area contributed by atoms with E-state index in [0.29, 0.717) is 36.2 Å². The molecule has 4 rings (SSSR count). The lowest BCUT2D eigenvalue weighted by molar-refractivity contribution is 0.0695. The zero-order valence-electron chi connectivity index (χ0n) is 19.2. The van der Waals surface area contributed by atoms with Crippen LogP contribution >= 0.6 is 24.8 Å². The Bertz CT molecular complexity index is 911. The smallest absolute Gasteiger partial charge is 0.336 e. The van der Waals surface area contributed by atoms with Crippen LogP contribution in [0.25, 0.3) is 6.08 Å². The summed E-state index contributed by atoms with van der Waals surface area (Å²) in [7, 11) is 0. The van der Waals surface area contributed by atoms with Crippen molar-refractivity contribution < 1.29 is 9.90 Å². The number of carboxylic acids is 1. The van der Waals surface area contributed by atoms with E-state index in [1.165, 1.54) is 24.8 Å². The largest absolute Gasteiger partial charge is 0.478 e. The molecule has 2 unspecified atom stereocenters. The zero-order valence-corrected chi connectivity index (χ0v) is 20.8. The van der Waals surface area contributed by atoms with Crippen LogP contribution in [-0.2, 0) is 6.54 Å². The molecule has 2 atom stereocenters. The Morgan fingerprint density at radius 3 is 2.27 bits per heavy atom. The van der Waals surface area contributed by atoms with Gasteiger partial charge in [0.1, 0.15) is 0 Å². The fourth-order valence-electron chi connectivity index (χ4n) is 4.93. The number of hydrogen-bond donors (Lipinski definition) is 3. The molecule has 0 saturated heterocycles. The summed E-state index contributed by atoms with van der Waals surface area (Å²) in [4.78, 5) is 11.4. The highest BCUT2D eigenvalue weighted by Gasteiger charge is 2.40. The minimum atomic E-state index is -0.850. The molecule has 2 aromatic rings. The molecule has 0 bridgehead atoms. The highest BCUT2D eigenvalue weighted by molar-refractivity contribution is 5.89. The third-order valence-electron chi connectivity index (χ3n) is 6.83. The van der Waals surface area contributed by atoms with Gasteiger partial charge in [0.05, 0.1) is 5.56 Å². The number of rotatable bonds is 9. The van der Waals surface area contributed by atoms with E-state index in [2.05, 4.69) is 54.0 Å². The van der Waals surface area contributed by atoms with Crippen molar-refractivity contribution in [2.45, 2.75) is 70.1 Å².